The minimum absolute atomic E-state index is 0.0613. The van der Waals surface area contributed by atoms with E-state index in [0.717, 1.165) is 35.3 Å². The summed E-state index contributed by atoms with van der Waals surface area (Å²) in [5.74, 6) is 0.481. The summed E-state index contributed by atoms with van der Waals surface area (Å²) in [7, 11) is 0. The minimum Gasteiger partial charge on any atom is -0.402 e. The predicted molar refractivity (Wildman–Crippen MR) is 121 cm³/mol. The number of aromatic amines is 1. The van der Waals surface area contributed by atoms with E-state index in [2.05, 4.69) is 15.5 Å². The third-order valence-electron chi connectivity index (χ3n) is 6.48. The van der Waals surface area contributed by atoms with Crippen molar-refractivity contribution in [3.63, 3.8) is 0 Å². The van der Waals surface area contributed by atoms with Gasteiger partial charge in [-0.3, -0.25) is 5.10 Å². The van der Waals surface area contributed by atoms with Gasteiger partial charge >= 0.3 is 0 Å². The average Bonchev–Trinajstić information content (AvgIpc) is 3.39. The van der Waals surface area contributed by atoms with E-state index in [4.69, 9.17) is 11.1 Å². The molecule has 4 rings (SSSR count). The third kappa shape index (κ3) is 4.57. The summed E-state index contributed by atoms with van der Waals surface area (Å²) >= 11 is 0. The summed E-state index contributed by atoms with van der Waals surface area (Å²) in [6, 6.07) is 5.44. The first kappa shape index (κ1) is 22.1. The first-order valence-corrected chi connectivity index (χ1v) is 10.9. The van der Waals surface area contributed by atoms with Crippen molar-refractivity contribution in [1.82, 2.24) is 10.2 Å². The summed E-state index contributed by atoms with van der Waals surface area (Å²) in [5.41, 5.74) is 8.28. The van der Waals surface area contributed by atoms with E-state index >= 15 is 0 Å². The van der Waals surface area contributed by atoms with E-state index in [9.17, 15) is 14.4 Å². The molecule has 1 aromatic carbocycles. The number of rotatable bonds is 6. The summed E-state index contributed by atoms with van der Waals surface area (Å²) < 4.78 is 15.8. The van der Waals surface area contributed by atoms with Crippen molar-refractivity contribution in [2.75, 3.05) is 11.9 Å². The lowest BCUT2D eigenvalue weighted by Gasteiger charge is -2.18. The molecule has 8 nitrogen and oxygen atoms in total. The van der Waals surface area contributed by atoms with Gasteiger partial charge < -0.3 is 21.6 Å². The first-order valence-electron chi connectivity index (χ1n) is 10.9. The molecule has 1 aliphatic carbocycles. The Labute approximate surface area is 186 Å². The molecule has 170 valence electrons. The van der Waals surface area contributed by atoms with Crippen molar-refractivity contribution in [3.05, 3.63) is 57.5 Å². The van der Waals surface area contributed by atoms with Crippen molar-refractivity contribution < 1.29 is 14.3 Å². The Morgan fingerprint density at radius 3 is 2.97 bits per heavy atom. The monoisotopic (exact) mass is 441 g/mol. The number of nitroso groups, excluding NO2 is 1. The van der Waals surface area contributed by atoms with E-state index in [1.807, 2.05) is 12.1 Å². The molecule has 2 aliphatic rings. The van der Waals surface area contributed by atoms with Crippen LogP contribution >= 0.6 is 0 Å². The number of nitrogens with two attached hydrogens (primary N) is 1. The molecule has 9 heteroatoms. The Kier molecular flexibility index (Phi) is 5.85. The number of nitrogens with zero attached hydrogens (tertiary/aromatic N) is 2. The Hall–Kier alpha value is -3.07. The lowest BCUT2D eigenvalue weighted by Crippen LogP contribution is -2.30. The molecule has 2 aromatic rings. The van der Waals surface area contributed by atoms with Gasteiger partial charge in [0.2, 0.25) is 6.54 Å². The second kappa shape index (κ2) is 8.46. The van der Waals surface area contributed by atoms with E-state index in [0.29, 0.717) is 35.7 Å². The van der Waals surface area contributed by atoms with Crippen LogP contribution in [0.2, 0.25) is 0 Å². The van der Waals surface area contributed by atoms with Gasteiger partial charge in [0.1, 0.15) is 5.60 Å². The molecule has 32 heavy (non-hydrogen) atoms. The van der Waals surface area contributed by atoms with Crippen LogP contribution in [0.4, 0.5) is 15.9 Å². The second-order valence-corrected chi connectivity index (χ2v) is 9.34. The number of hydrogen-bond acceptors (Lipinski definition) is 6. The van der Waals surface area contributed by atoms with Gasteiger partial charge in [0.05, 0.1) is 17.0 Å². The summed E-state index contributed by atoms with van der Waals surface area (Å²) in [6.45, 7) is 3.59. The zero-order valence-corrected chi connectivity index (χ0v) is 18.4. The molecule has 1 aromatic heterocycles. The van der Waals surface area contributed by atoms with Gasteiger partial charge in [0, 0.05) is 39.5 Å². The Morgan fingerprint density at radius 1 is 1.44 bits per heavy atom. The normalized spacial score (nSPS) is 21.5. The Morgan fingerprint density at radius 2 is 2.22 bits per heavy atom. The largest absolute Gasteiger partial charge is 0.402 e. The Balaban J connectivity index is 1.43. The molecule has 2 atom stereocenters. The van der Waals surface area contributed by atoms with Crippen molar-refractivity contribution in [2.24, 2.45) is 11.7 Å². The highest BCUT2D eigenvalue weighted by atomic mass is 19.1. The standard InChI is InChI=1S/C23H30FN6O2/c1-23(2,31)20(26)10-17(25)14-3-4-15(9-14)19-11-21(29-28-19)27-18-6-5-13-7-8-30(32)12-16(13)22(18)24/h5-6,10-11,14-15,26,31H,3-4,7-9,12,25H2,1-2H3,(H2,27,28,29)/q+1/b17-10-,26-20?. The molecule has 0 bridgehead atoms. The molecule has 1 aliphatic heterocycles. The molecule has 2 heterocycles. The van der Waals surface area contributed by atoms with Crippen LogP contribution in [0.1, 0.15) is 55.8 Å². The highest BCUT2D eigenvalue weighted by Crippen LogP contribution is 2.40. The lowest BCUT2D eigenvalue weighted by molar-refractivity contribution is -0.568. The number of anilines is 2. The maximum atomic E-state index is 14.9. The van der Waals surface area contributed by atoms with Gasteiger partial charge in [0.15, 0.2) is 18.2 Å². The van der Waals surface area contributed by atoms with Gasteiger partial charge in [-0.2, -0.15) is 5.10 Å². The van der Waals surface area contributed by atoms with Crippen molar-refractivity contribution in [2.45, 2.75) is 57.6 Å². The lowest BCUT2D eigenvalue weighted by atomic mass is 9.96. The molecule has 1 saturated carbocycles. The van der Waals surface area contributed by atoms with Crippen LogP contribution in [0, 0.1) is 22.1 Å². The SMILES string of the molecule is CC(C)(O)C(=N)/C=C(\N)C1CCC(c2cc(Nc3ccc4c(c3F)C[N+](=O)CC4)n[nH]2)C1. The van der Waals surface area contributed by atoms with Crippen LogP contribution < -0.4 is 11.1 Å². The van der Waals surface area contributed by atoms with Crippen LogP contribution in [0.3, 0.4) is 0 Å². The number of benzene rings is 1. The fraction of sp³-hybridized carbons (Fsp3) is 0.478. The maximum absolute atomic E-state index is 14.9. The zero-order chi connectivity index (χ0) is 23.0. The van der Waals surface area contributed by atoms with E-state index < -0.39 is 11.4 Å². The topological polar surface area (TPSA) is 131 Å². The molecule has 0 saturated heterocycles. The minimum atomic E-state index is -1.22. The fourth-order valence-electron chi connectivity index (χ4n) is 4.44. The molecule has 6 N–H and O–H groups in total. The van der Waals surface area contributed by atoms with Crippen LogP contribution in [0.15, 0.2) is 30.0 Å². The Bertz CT molecular complexity index is 1080. The number of nitrogens with one attached hydrogen (secondary N) is 3. The molecule has 1 fully saturated rings. The average molecular weight is 442 g/mol. The van der Waals surface area contributed by atoms with Gasteiger partial charge in [-0.15, -0.1) is 0 Å². The fourth-order valence-corrected chi connectivity index (χ4v) is 4.44. The number of aliphatic hydroxyl groups is 1. The highest BCUT2D eigenvalue weighted by molar-refractivity contribution is 5.99. The van der Waals surface area contributed by atoms with E-state index in [1.165, 1.54) is 0 Å². The van der Waals surface area contributed by atoms with E-state index in [1.54, 1.807) is 26.0 Å². The van der Waals surface area contributed by atoms with Crippen molar-refractivity contribution in [1.29, 1.82) is 5.41 Å². The smallest absolute Gasteiger partial charge is 0.220 e. The molecule has 0 spiro atoms. The van der Waals surface area contributed by atoms with Gasteiger partial charge in [0.25, 0.3) is 0 Å². The van der Waals surface area contributed by atoms with Gasteiger partial charge in [-0.05, 0) is 56.7 Å². The van der Waals surface area contributed by atoms with Crippen LogP contribution in [0.5, 0.6) is 0 Å². The van der Waals surface area contributed by atoms with Crippen molar-refractivity contribution >= 4 is 17.2 Å². The number of H-pyrrole nitrogens is 1. The molecule has 2 unspecified atom stereocenters. The summed E-state index contributed by atoms with van der Waals surface area (Å²) in [4.78, 5) is 11.7. The highest BCUT2D eigenvalue weighted by Gasteiger charge is 2.30. The summed E-state index contributed by atoms with van der Waals surface area (Å²) in [5, 5.41) is 28.3. The van der Waals surface area contributed by atoms with Gasteiger partial charge in [-0.25, -0.2) is 4.39 Å². The predicted octanol–water partition coefficient (Wildman–Crippen LogP) is 3.64. The number of allylic oxidation sites excluding steroid dienone is 1. The number of halogens is 1. The van der Waals surface area contributed by atoms with Crippen LogP contribution in [-0.2, 0) is 13.0 Å². The van der Waals surface area contributed by atoms with Crippen LogP contribution in [0.25, 0.3) is 0 Å². The second-order valence-electron chi connectivity index (χ2n) is 9.34. The number of hydrogen-bond donors (Lipinski definition) is 5. The molecule has 0 amide bonds. The zero-order valence-electron chi connectivity index (χ0n) is 18.4. The van der Waals surface area contributed by atoms with Crippen LogP contribution in [-0.4, -0.2) is 37.9 Å². The first-order chi connectivity index (χ1) is 15.1. The molecular weight excluding hydrogens is 411 g/mol. The van der Waals surface area contributed by atoms with Crippen molar-refractivity contribution in [3.8, 4) is 0 Å². The third-order valence-corrected chi connectivity index (χ3v) is 6.48. The maximum Gasteiger partial charge on any atom is 0.220 e. The molecular formula is C23H30FN6O2+. The van der Waals surface area contributed by atoms with Gasteiger partial charge in [-0.1, -0.05) is 6.07 Å². The molecule has 0 radical (unpaired) electrons. The number of aromatic nitrogens is 2. The summed E-state index contributed by atoms with van der Waals surface area (Å²) in [6.07, 6.45) is 4.74. The quantitative estimate of drug-likeness (QED) is 0.345. The van der Waals surface area contributed by atoms with E-state index in [-0.39, 0.29) is 24.1 Å². The number of fused-ring (bicyclic) bond motifs is 1.